The Morgan fingerprint density at radius 1 is 1.20 bits per heavy atom. The number of hydrogen-bond acceptors (Lipinski definition) is 3. The molecule has 0 heterocycles. The van der Waals surface area contributed by atoms with Gasteiger partial charge in [0.05, 0.1) is 6.54 Å². The van der Waals surface area contributed by atoms with Gasteiger partial charge in [-0.1, -0.05) is 44.2 Å². The first kappa shape index (κ1) is 16.0. The topological polar surface area (TPSA) is 81.7 Å². The molecule has 0 fully saturated rings. The van der Waals surface area contributed by atoms with Gasteiger partial charge in [0.25, 0.3) is 5.91 Å². The van der Waals surface area contributed by atoms with Crippen LogP contribution < -0.4 is 10.6 Å². The molecule has 20 heavy (non-hydrogen) atoms. The van der Waals surface area contributed by atoms with Gasteiger partial charge in [-0.15, -0.1) is 0 Å². The molecule has 0 bridgehead atoms. The maximum atomic E-state index is 11.5. The highest BCUT2D eigenvalue weighted by atomic mass is 16.5. The van der Waals surface area contributed by atoms with Crippen LogP contribution >= 0.6 is 0 Å². The second-order valence-corrected chi connectivity index (χ2v) is 4.89. The van der Waals surface area contributed by atoms with Crippen LogP contribution in [0, 0.1) is 5.92 Å². The fourth-order valence-corrected chi connectivity index (χ4v) is 1.54. The second-order valence-electron chi connectivity index (χ2n) is 4.89. The van der Waals surface area contributed by atoms with E-state index in [0.717, 1.165) is 5.56 Å². The molecule has 0 unspecified atom stereocenters. The largest absolute Gasteiger partial charge is 0.334 e. The third-order valence-electron chi connectivity index (χ3n) is 2.52. The standard InChI is InChI=1S/C14H21N3O3/c1-11(2)10-17(20)13(18)9-16-14(19)15-8-12-6-4-3-5-7-12/h3-7,11,20H,8-10H2,1-2H3,(H2,15,16,19). The van der Waals surface area contributed by atoms with E-state index in [1.54, 1.807) is 0 Å². The van der Waals surface area contributed by atoms with Gasteiger partial charge in [0.2, 0.25) is 0 Å². The number of urea groups is 1. The number of carbonyl (C=O) groups is 2. The number of nitrogens with zero attached hydrogens (tertiary/aromatic N) is 1. The smallest absolute Gasteiger partial charge is 0.315 e. The molecule has 0 spiro atoms. The van der Waals surface area contributed by atoms with E-state index in [9.17, 15) is 14.8 Å². The number of carbonyl (C=O) groups excluding carboxylic acids is 2. The van der Waals surface area contributed by atoms with Gasteiger partial charge in [-0.3, -0.25) is 10.0 Å². The maximum absolute atomic E-state index is 11.5. The summed E-state index contributed by atoms with van der Waals surface area (Å²) in [7, 11) is 0. The van der Waals surface area contributed by atoms with Crippen molar-refractivity contribution >= 4 is 11.9 Å². The van der Waals surface area contributed by atoms with Gasteiger partial charge in [0, 0.05) is 6.54 Å². The van der Waals surface area contributed by atoms with Gasteiger partial charge < -0.3 is 10.6 Å². The molecule has 0 aliphatic rings. The predicted molar refractivity (Wildman–Crippen MR) is 75.0 cm³/mol. The van der Waals surface area contributed by atoms with Crippen LogP contribution in [-0.2, 0) is 11.3 Å². The SMILES string of the molecule is CC(C)CN(O)C(=O)CNC(=O)NCc1ccccc1. The summed E-state index contributed by atoms with van der Waals surface area (Å²) >= 11 is 0. The summed E-state index contributed by atoms with van der Waals surface area (Å²) in [5.74, 6) is -0.371. The van der Waals surface area contributed by atoms with Crippen LogP contribution in [0.3, 0.4) is 0 Å². The lowest BCUT2D eigenvalue weighted by atomic mass is 10.2. The highest BCUT2D eigenvalue weighted by molar-refractivity contribution is 5.83. The van der Waals surface area contributed by atoms with Crippen molar-refractivity contribution in [2.24, 2.45) is 5.92 Å². The highest BCUT2D eigenvalue weighted by Crippen LogP contribution is 1.97. The zero-order chi connectivity index (χ0) is 15.0. The Morgan fingerprint density at radius 3 is 2.45 bits per heavy atom. The average Bonchev–Trinajstić information content (AvgIpc) is 2.42. The van der Waals surface area contributed by atoms with Gasteiger partial charge in [0.1, 0.15) is 6.54 Å². The summed E-state index contributed by atoms with van der Waals surface area (Å²) in [6, 6.07) is 9.00. The molecular weight excluding hydrogens is 258 g/mol. The van der Waals surface area contributed by atoms with Crippen molar-refractivity contribution in [1.82, 2.24) is 15.7 Å². The van der Waals surface area contributed by atoms with Crippen molar-refractivity contribution in [3.63, 3.8) is 0 Å². The van der Waals surface area contributed by atoms with E-state index < -0.39 is 11.9 Å². The van der Waals surface area contributed by atoms with Crippen molar-refractivity contribution in [2.45, 2.75) is 20.4 Å². The van der Waals surface area contributed by atoms with Crippen molar-refractivity contribution in [2.75, 3.05) is 13.1 Å². The van der Waals surface area contributed by atoms with Crippen molar-refractivity contribution < 1.29 is 14.8 Å². The Kier molecular flexibility index (Phi) is 6.52. The highest BCUT2D eigenvalue weighted by Gasteiger charge is 2.13. The number of amides is 3. The fourth-order valence-electron chi connectivity index (χ4n) is 1.54. The first-order valence-electron chi connectivity index (χ1n) is 6.54. The average molecular weight is 279 g/mol. The van der Waals surface area contributed by atoms with Crippen LogP contribution in [0.15, 0.2) is 30.3 Å². The molecule has 0 aromatic heterocycles. The monoisotopic (exact) mass is 279 g/mol. The Bertz CT molecular complexity index is 435. The zero-order valence-corrected chi connectivity index (χ0v) is 11.8. The summed E-state index contributed by atoms with van der Waals surface area (Å²) in [6.07, 6.45) is 0. The summed E-state index contributed by atoms with van der Waals surface area (Å²) < 4.78 is 0. The molecule has 0 saturated heterocycles. The van der Waals surface area contributed by atoms with E-state index in [0.29, 0.717) is 11.6 Å². The summed E-state index contributed by atoms with van der Waals surface area (Å²) in [5.41, 5.74) is 0.970. The van der Waals surface area contributed by atoms with Crippen LogP contribution in [-0.4, -0.2) is 35.3 Å². The predicted octanol–water partition coefficient (Wildman–Crippen LogP) is 1.36. The van der Waals surface area contributed by atoms with Crippen LogP contribution in [0.5, 0.6) is 0 Å². The van der Waals surface area contributed by atoms with E-state index >= 15 is 0 Å². The van der Waals surface area contributed by atoms with E-state index in [1.807, 2.05) is 44.2 Å². The maximum Gasteiger partial charge on any atom is 0.315 e. The summed E-state index contributed by atoms with van der Waals surface area (Å²) in [4.78, 5) is 23.0. The molecule has 3 N–H and O–H groups in total. The van der Waals surface area contributed by atoms with Crippen molar-refractivity contribution in [1.29, 1.82) is 0 Å². The molecule has 0 atom stereocenters. The molecule has 6 heteroatoms. The molecule has 3 amide bonds. The first-order chi connectivity index (χ1) is 9.49. The van der Waals surface area contributed by atoms with Gasteiger partial charge in [0.15, 0.2) is 0 Å². The van der Waals surface area contributed by atoms with Crippen LogP contribution in [0.1, 0.15) is 19.4 Å². The molecule has 0 aliphatic carbocycles. The quantitative estimate of drug-likeness (QED) is 0.543. The Morgan fingerprint density at radius 2 is 1.85 bits per heavy atom. The number of hydrogen-bond donors (Lipinski definition) is 3. The minimum atomic E-state index is -0.534. The van der Waals surface area contributed by atoms with E-state index in [4.69, 9.17) is 0 Å². The van der Waals surface area contributed by atoms with Crippen LogP contribution in [0.25, 0.3) is 0 Å². The number of benzene rings is 1. The van der Waals surface area contributed by atoms with Gasteiger partial charge in [-0.25, -0.2) is 9.86 Å². The number of rotatable bonds is 6. The number of hydroxylamine groups is 2. The van der Waals surface area contributed by atoms with Crippen molar-refractivity contribution in [3.8, 4) is 0 Å². The molecule has 110 valence electrons. The van der Waals surface area contributed by atoms with Crippen LogP contribution in [0.4, 0.5) is 4.79 Å². The first-order valence-corrected chi connectivity index (χ1v) is 6.54. The second kappa shape index (κ2) is 8.16. The molecule has 1 aromatic rings. The lowest BCUT2D eigenvalue weighted by molar-refractivity contribution is -0.166. The zero-order valence-electron chi connectivity index (χ0n) is 11.8. The molecule has 6 nitrogen and oxygen atoms in total. The molecule has 0 radical (unpaired) electrons. The number of nitrogens with one attached hydrogen (secondary N) is 2. The minimum absolute atomic E-state index is 0.163. The van der Waals surface area contributed by atoms with Crippen molar-refractivity contribution in [3.05, 3.63) is 35.9 Å². The van der Waals surface area contributed by atoms with Crippen LogP contribution in [0.2, 0.25) is 0 Å². The normalized spacial score (nSPS) is 10.2. The summed E-state index contributed by atoms with van der Waals surface area (Å²) in [6.45, 7) is 4.17. The molecule has 0 saturated carbocycles. The fraction of sp³-hybridized carbons (Fsp3) is 0.429. The summed E-state index contributed by atoms with van der Waals surface area (Å²) in [5, 5.41) is 15.1. The lowest BCUT2D eigenvalue weighted by Crippen LogP contribution is -2.43. The molecule has 1 rings (SSSR count). The Hall–Kier alpha value is -2.08. The molecule has 1 aromatic carbocycles. The van der Waals surface area contributed by atoms with E-state index in [1.165, 1.54) is 0 Å². The third-order valence-corrected chi connectivity index (χ3v) is 2.52. The van der Waals surface area contributed by atoms with E-state index in [2.05, 4.69) is 10.6 Å². The lowest BCUT2D eigenvalue weighted by Gasteiger charge is -2.17. The Labute approximate surface area is 118 Å². The van der Waals surface area contributed by atoms with Gasteiger partial charge in [-0.2, -0.15) is 0 Å². The van der Waals surface area contributed by atoms with Gasteiger partial charge >= 0.3 is 6.03 Å². The van der Waals surface area contributed by atoms with Gasteiger partial charge in [-0.05, 0) is 11.5 Å². The Balaban J connectivity index is 2.24. The molecule has 0 aliphatic heterocycles. The third kappa shape index (κ3) is 6.19. The molecular formula is C14H21N3O3. The van der Waals surface area contributed by atoms with E-state index in [-0.39, 0.29) is 19.0 Å². The minimum Gasteiger partial charge on any atom is -0.334 e.